The van der Waals surface area contributed by atoms with Gasteiger partial charge in [0.1, 0.15) is 5.75 Å². The predicted octanol–water partition coefficient (Wildman–Crippen LogP) is 9.81. The molecule has 6 rings (SSSR count). The van der Waals surface area contributed by atoms with Crippen LogP contribution in [0.4, 0.5) is 5.69 Å². The summed E-state index contributed by atoms with van der Waals surface area (Å²) in [5.74, 6) is 0.357. The molecule has 2 aromatic carbocycles. The van der Waals surface area contributed by atoms with Crippen molar-refractivity contribution in [2.75, 3.05) is 5.73 Å². The molecule has 4 N–H and O–H groups in total. The Labute approximate surface area is 280 Å². The Morgan fingerprint density at radius 1 is 0.739 bits per heavy atom. The molecule has 0 bridgehead atoms. The molecule has 0 saturated heterocycles. The third kappa shape index (κ3) is 6.49. The number of phenolic OH excluding ortho intramolecular Hbond substituents is 1. The van der Waals surface area contributed by atoms with E-state index in [0.29, 0.717) is 0 Å². The van der Waals surface area contributed by atoms with Crippen LogP contribution in [0.5, 0.6) is 5.75 Å². The van der Waals surface area contributed by atoms with Gasteiger partial charge in [-0.2, -0.15) is 0 Å². The molecule has 2 saturated carbocycles. The average Bonchev–Trinajstić information content (AvgIpc) is 3.03. The van der Waals surface area contributed by atoms with Gasteiger partial charge in [0.2, 0.25) is 11.8 Å². The number of nitrogen functional groups attached to an aromatic ring is 1. The van der Waals surface area contributed by atoms with Gasteiger partial charge in [-0.3, -0.25) is 14.9 Å². The largest absolute Gasteiger partial charge is 0.508 e. The second-order valence-corrected chi connectivity index (χ2v) is 14.8. The number of carbonyl (C=O) groups excluding carboxylic acids is 2. The SMILES string of the molecule is CC.CC.CC12CCC[C@](C)(C(=O)NC(=O)[C@@]3(C)CCCC4(C)c5cc(O)ccc5CCC43)C1CCc1ccc(N)cc12.CCC. The number of amides is 2. The molecule has 5 heteroatoms. The van der Waals surface area contributed by atoms with Crippen molar-refractivity contribution >= 4 is 17.5 Å². The summed E-state index contributed by atoms with van der Waals surface area (Å²) in [5.41, 5.74) is 10.5. The molecular weight excluding hydrogens is 568 g/mol. The van der Waals surface area contributed by atoms with Gasteiger partial charge in [0, 0.05) is 5.69 Å². The van der Waals surface area contributed by atoms with Crippen LogP contribution in [0.3, 0.4) is 0 Å². The average molecular weight is 633 g/mol. The number of aromatic hydroxyl groups is 1. The quantitative estimate of drug-likeness (QED) is 0.227. The lowest BCUT2D eigenvalue weighted by molar-refractivity contribution is -0.150. The fourth-order valence-corrected chi connectivity index (χ4v) is 9.86. The Morgan fingerprint density at radius 2 is 1.15 bits per heavy atom. The minimum Gasteiger partial charge on any atom is -0.508 e. The minimum absolute atomic E-state index is 0.0990. The number of fused-ring (bicyclic) bond motifs is 6. The first kappa shape index (κ1) is 37.6. The number of benzene rings is 2. The van der Waals surface area contributed by atoms with Crippen LogP contribution < -0.4 is 11.1 Å². The molecule has 4 unspecified atom stereocenters. The van der Waals surface area contributed by atoms with Gasteiger partial charge in [0.25, 0.3) is 0 Å². The summed E-state index contributed by atoms with van der Waals surface area (Å²) in [4.78, 5) is 28.4. The van der Waals surface area contributed by atoms with E-state index in [4.69, 9.17) is 5.73 Å². The number of aryl methyl sites for hydroxylation is 2. The third-order valence-corrected chi connectivity index (χ3v) is 12.0. The second kappa shape index (κ2) is 14.9. The van der Waals surface area contributed by atoms with Crippen LogP contribution in [0.15, 0.2) is 36.4 Å². The number of nitrogens with two attached hydrogens (primary N) is 1. The second-order valence-electron chi connectivity index (χ2n) is 14.8. The highest BCUT2D eigenvalue weighted by molar-refractivity contribution is 6.00. The summed E-state index contributed by atoms with van der Waals surface area (Å²) in [5, 5.41) is 13.3. The van der Waals surface area contributed by atoms with Gasteiger partial charge in [0.15, 0.2) is 0 Å². The van der Waals surface area contributed by atoms with Crippen molar-refractivity contribution < 1.29 is 14.7 Å². The van der Waals surface area contributed by atoms with Gasteiger partial charge in [-0.15, -0.1) is 0 Å². The molecule has 0 radical (unpaired) electrons. The molecular formula is C41H64N2O3. The van der Waals surface area contributed by atoms with Gasteiger partial charge in [0.05, 0.1) is 10.8 Å². The monoisotopic (exact) mass is 632 g/mol. The van der Waals surface area contributed by atoms with Crippen LogP contribution in [0.25, 0.3) is 0 Å². The van der Waals surface area contributed by atoms with Gasteiger partial charge >= 0.3 is 0 Å². The van der Waals surface area contributed by atoms with Gasteiger partial charge in [-0.05, 0) is 121 Å². The number of nitrogens with one attached hydrogen (secondary N) is 1. The fraction of sp³-hybridized carbons (Fsp3) is 0.659. The van der Waals surface area contributed by atoms with Crippen LogP contribution in [0.2, 0.25) is 0 Å². The van der Waals surface area contributed by atoms with Gasteiger partial charge in [-0.1, -0.05) is 101 Å². The number of phenols is 1. The van der Waals surface area contributed by atoms with Gasteiger partial charge < -0.3 is 10.8 Å². The predicted molar refractivity (Wildman–Crippen MR) is 193 cm³/mol. The molecule has 256 valence electrons. The lowest BCUT2D eigenvalue weighted by Crippen LogP contribution is -2.60. The number of hydrogen-bond donors (Lipinski definition) is 3. The maximum atomic E-state index is 14.2. The zero-order chi connectivity index (χ0) is 34.5. The van der Waals surface area contributed by atoms with Crippen molar-refractivity contribution in [3.8, 4) is 5.75 Å². The smallest absolute Gasteiger partial charge is 0.232 e. The van der Waals surface area contributed by atoms with E-state index in [-0.39, 0.29) is 40.2 Å². The summed E-state index contributed by atoms with van der Waals surface area (Å²) in [6, 6.07) is 12.0. The Kier molecular flexibility index (Phi) is 12.2. The van der Waals surface area contributed by atoms with E-state index in [1.807, 2.05) is 45.9 Å². The highest BCUT2D eigenvalue weighted by Gasteiger charge is 2.58. The fourth-order valence-electron chi connectivity index (χ4n) is 9.86. The highest BCUT2D eigenvalue weighted by atomic mass is 16.3. The van der Waals surface area contributed by atoms with E-state index in [0.717, 1.165) is 69.9 Å². The minimum atomic E-state index is -0.631. The summed E-state index contributed by atoms with van der Waals surface area (Å²) in [7, 11) is 0. The summed E-state index contributed by atoms with van der Waals surface area (Å²) >= 11 is 0. The molecule has 6 atom stereocenters. The van der Waals surface area contributed by atoms with E-state index < -0.39 is 10.8 Å². The zero-order valence-corrected chi connectivity index (χ0v) is 30.7. The zero-order valence-electron chi connectivity index (χ0n) is 30.7. The summed E-state index contributed by atoms with van der Waals surface area (Å²) in [6.45, 7) is 21.0. The standard InChI is InChI=1S/C34H44N2O3.C3H8.2C2H6/c1-31-15-5-17-33(3,27(31)13-9-21-7-11-23(35)19-25(21)31)29(38)36-30(39)34(4)18-6-16-32(2)26-20-24(37)12-8-22(26)10-14-28(32)34;1-3-2;2*1-2/h7-8,11-12,19-20,27-28,37H,5-6,9-10,13-18,35H2,1-4H3,(H,36,38,39);3H2,1-2H3;2*1-2H3/t27?,28?,31?,32?,33-,34-;;;/m0.../s1. The summed E-state index contributed by atoms with van der Waals surface area (Å²) < 4.78 is 0. The Balaban J connectivity index is 0.000000765. The Morgan fingerprint density at radius 3 is 1.61 bits per heavy atom. The lowest BCUT2D eigenvalue weighted by atomic mass is 9.49. The van der Waals surface area contributed by atoms with E-state index in [1.165, 1.54) is 28.7 Å². The Bertz CT molecular complexity index is 1270. The third-order valence-electron chi connectivity index (χ3n) is 12.0. The summed E-state index contributed by atoms with van der Waals surface area (Å²) in [6.07, 6.45) is 10.4. The van der Waals surface area contributed by atoms with Crippen molar-refractivity contribution in [1.82, 2.24) is 5.32 Å². The molecule has 46 heavy (non-hydrogen) atoms. The molecule has 2 aromatic rings. The molecule has 2 fully saturated rings. The molecule has 0 aromatic heterocycles. The maximum Gasteiger partial charge on any atom is 0.232 e. The van der Waals surface area contributed by atoms with Crippen molar-refractivity contribution in [2.24, 2.45) is 22.7 Å². The van der Waals surface area contributed by atoms with Gasteiger partial charge in [-0.25, -0.2) is 0 Å². The topological polar surface area (TPSA) is 92.4 Å². The molecule has 2 amide bonds. The van der Waals surface area contributed by atoms with E-state index in [1.54, 1.807) is 6.07 Å². The van der Waals surface area contributed by atoms with E-state index in [9.17, 15) is 14.7 Å². The van der Waals surface area contributed by atoms with E-state index >= 15 is 0 Å². The Hall–Kier alpha value is -2.82. The highest BCUT2D eigenvalue weighted by Crippen LogP contribution is 2.59. The van der Waals surface area contributed by atoms with Crippen LogP contribution >= 0.6 is 0 Å². The van der Waals surface area contributed by atoms with Crippen LogP contribution in [-0.4, -0.2) is 16.9 Å². The van der Waals surface area contributed by atoms with Crippen LogP contribution in [-0.2, 0) is 33.3 Å². The first-order chi connectivity index (χ1) is 21.8. The van der Waals surface area contributed by atoms with E-state index in [2.05, 4.69) is 59.0 Å². The normalized spacial score (nSPS) is 32.0. The maximum absolute atomic E-state index is 14.2. The van der Waals surface area contributed by atoms with Crippen molar-refractivity contribution in [1.29, 1.82) is 0 Å². The molecule has 0 aliphatic heterocycles. The molecule has 5 nitrogen and oxygen atoms in total. The van der Waals surface area contributed by atoms with Crippen molar-refractivity contribution in [2.45, 2.75) is 151 Å². The number of anilines is 1. The van der Waals surface area contributed by atoms with Crippen molar-refractivity contribution in [3.63, 3.8) is 0 Å². The molecule has 4 aliphatic rings. The first-order valence-corrected chi connectivity index (χ1v) is 18.4. The lowest BCUT2D eigenvalue weighted by Gasteiger charge is -2.56. The number of rotatable bonds is 2. The first-order valence-electron chi connectivity index (χ1n) is 18.4. The van der Waals surface area contributed by atoms with Crippen LogP contribution in [0, 0.1) is 22.7 Å². The molecule has 0 spiro atoms. The van der Waals surface area contributed by atoms with Crippen molar-refractivity contribution in [3.05, 3.63) is 58.7 Å². The number of carbonyl (C=O) groups is 2. The number of imide groups is 1. The number of hydrogen-bond acceptors (Lipinski definition) is 4. The molecule has 4 aliphatic carbocycles. The van der Waals surface area contributed by atoms with Crippen LogP contribution in [0.1, 0.15) is 149 Å². The molecule has 0 heterocycles.